The Kier molecular flexibility index (Phi) is 2.91. The summed E-state index contributed by atoms with van der Waals surface area (Å²) in [5, 5.41) is 2.99. The van der Waals surface area contributed by atoms with Gasteiger partial charge in [-0.3, -0.25) is 4.79 Å². The summed E-state index contributed by atoms with van der Waals surface area (Å²) in [7, 11) is 0. The molecule has 1 aliphatic carbocycles. The molecule has 1 aromatic heterocycles. The zero-order valence-electron chi connectivity index (χ0n) is 12.5. The SMILES string of the molecule is CC(C)(C)c1cnc2c(c1)CC1(CC(CN)C1)C(=O)N2. The highest BCUT2D eigenvalue weighted by Gasteiger charge is 2.51. The van der Waals surface area contributed by atoms with Gasteiger partial charge in [-0.05, 0) is 48.3 Å². The lowest BCUT2D eigenvalue weighted by molar-refractivity contribution is -0.134. The molecule has 0 radical (unpaired) electrons. The highest BCUT2D eigenvalue weighted by atomic mass is 16.2. The van der Waals surface area contributed by atoms with Crippen LogP contribution in [0.2, 0.25) is 0 Å². The number of nitrogens with one attached hydrogen (secondary N) is 1. The summed E-state index contributed by atoms with van der Waals surface area (Å²) in [5.41, 5.74) is 7.95. The standard InChI is InChI=1S/C16H23N3O/c1-15(2,3)12-4-11-7-16(5-10(6-16)8-17)14(20)19-13(11)18-9-12/h4,9-10H,5-8,17H2,1-3H3,(H,18,19,20). The second-order valence-electron chi connectivity index (χ2n) is 7.40. The van der Waals surface area contributed by atoms with Crippen LogP contribution in [0, 0.1) is 11.3 Å². The monoisotopic (exact) mass is 273 g/mol. The van der Waals surface area contributed by atoms with E-state index in [0.29, 0.717) is 12.5 Å². The minimum atomic E-state index is -0.227. The number of nitrogens with zero attached hydrogens (tertiary/aromatic N) is 1. The van der Waals surface area contributed by atoms with Crippen molar-refractivity contribution in [3.63, 3.8) is 0 Å². The molecular formula is C16H23N3O. The molecule has 2 aliphatic rings. The molecule has 20 heavy (non-hydrogen) atoms. The van der Waals surface area contributed by atoms with Gasteiger partial charge in [-0.1, -0.05) is 26.8 Å². The van der Waals surface area contributed by atoms with E-state index in [2.05, 4.69) is 37.1 Å². The van der Waals surface area contributed by atoms with Crippen molar-refractivity contribution in [3.8, 4) is 0 Å². The van der Waals surface area contributed by atoms with E-state index in [1.807, 2.05) is 6.20 Å². The van der Waals surface area contributed by atoms with Gasteiger partial charge >= 0.3 is 0 Å². The van der Waals surface area contributed by atoms with Crippen LogP contribution >= 0.6 is 0 Å². The summed E-state index contributed by atoms with van der Waals surface area (Å²) in [6.45, 7) is 7.23. The first kappa shape index (κ1) is 13.6. The van der Waals surface area contributed by atoms with Crippen molar-refractivity contribution in [1.29, 1.82) is 0 Å². The molecule has 2 heterocycles. The maximum absolute atomic E-state index is 12.3. The number of carbonyl (C=O) groups is 1. The van der Waals surface area contributed by atoms with Crippen LogP contribution in [0.5, 0.6) is 0 Å². The zero-order valence-corrected chi connectivity index (χ0v) is 12.5. The van der Waals surface area contributed by atoms with Gasteiger partial charge in [0.2, 0.25) is 5.91 Å². The van der Waals surface area contributed by atoms with Gasteiger partial charge in [0.1, 0.15) is 5.82 Å². The van der Waals surface area contributed by atoms with Crippen LogP contribution in [-0.4, -0.2) is 17.4 Å². The lowest BCUT2D eigenvalue weighted by Crippen LogP contribution is -2.52. The number of nitrogens with two attached hydrogens (primary N) is 1. The third-order valence-electron chi connectivity index (χ3n) is 4.77. The summed E-state index contributed by atoms with van der Waals surface area (Å²) < 4.78 is 0. The van der Waals surface area contributed by atoms with E-state index in [0.717, 1.165) is 25.1 Å². The molecule has 0 saturated heterocycles. The molecule has 1 aromatic rings. The van der Waals surface area contributed by atoms with E-state index in [1.165, 1.54) is 11.1 Å². The Balaban J connectivity index is 1.91. The number of hydrogen-bond acceptors (Lipinski definition) is 3. The second-order valence-corrected chi connectivity index (χ2v) is 7.40. The molecule has 1 spiro atoms. The predicted octanol–water partition coefficient (Wildman–Crippen LogP) is 2.23. The maximum atomic E-state index is 12.3. The maximum Gasteiger partial charge on any atom is 0.232 e. The average Bonchev–Trinajstić information content (AvgIpc) is 2.33. The minimum absolute atomic E-state index is 0.0794. The molecule has 0 unspecified atom stereocenters. The number of anilines is 1. The fourth-order valence-corrected chi connectivity index (χ4v) is 3.39. The average molecular weight is 273 g/mol. The first-order valence-corrected chi connectivity index (χ1v) is 7.35. The van der Waals surface area contributed by atoms with Crippen LogP contribution in [0.1, 0.15) is 44.7 Å². The van der Waals surface area contributed by atoms with Gasteiger partial charge in [0.15, 0.2) is 0 Å². The van der Waals surface area contributed by atoms with Crippen molar-refractivity contribution in [2.75, 3.05) is 11.9 Å². The number of aromatic nitrogens is 1. The molecule has 1 amide bonds. The molecule has 4 heteroatoms. The van der Waals surface area contributed by atoms with Crippen LogP contribution < -0.4 is 11.1 Å². The van der Waals surface area contributed by atoms with Gasteiger partial charge in [0.05, 0.1) is 5.41 Å². The van der Waals surface area contributed by atoms with E-state index < -0.39 is 0 Å². The van der Waals surface area contributed by atoms with Crippen LogP contribution in [0.25, 0.3) is 0 Å². The Morgan fingerprint density at radius 3 is 2.75 bits per heavy atom. The van der Waals surface area contributed by atoms with Gasteiger partial charge in [-0.2, -0.15) is 0 Å². The minimum Gasteiger partial charge on any atom is -0.330 e. The highest BCUT2D eigenvalue weighted by Crippen LogP contribution is 2.51. The molecular weight excluding hydrogens is 250 g/mol. The third kappa shape index (κ3) is 2.03. The Morgan fingerprint density at radius 2 is 2.15 bits per heavy atom. The molecule has 1 fully saturated rings. The van der Waals surface area contributed by atoms with Gasteiger partial charge in [0.25, 0.3) is 0 Å². The quantitative estimate of drug-likeness (QED) is 0.824. The Labute approximate surface area is 120 Å². The molecule has 108 valence electrons. The second kappa shape index (κ2) is 4.29. The lowest BCUT2D eigenvalue weighted by atomic mass is 9.58. The smallest absolute Gasteiger partial charge is 0.232 e. The summed E-state index contributed by atoms with van der Waals surface area (Å²) in [5.74, 6) is 1.37. The van der Waals surface area contributed by atoms with E-state index >= 15 is 0 Å². The van der Waals surface area contributed by atoms with Gasteiger partial charge in [-0.25, -0.2) is 4.98 Å². The van der Waals surface area contributed by atoms with Crippen LogP contribution in [-0.2, 0) is 16.6 Å². The van der Waals surface area contributed by atoms with Crippen LogP contribution in [0.3, 0.4) is 0 Å². The Morgan fingerprint density at radius 1 is 1.45 bits per heavy atom. The highest BCUT2D eigenvalue weighted by molar-refractivity contribution is 5.98. The summed E-state index contributed by atoms with van der Waals surface area (Å²) in [6, 6.07) is 2.21. The topological polar surface area (TPSA) is 68.0 Å². The van der Waals surface area contributed by atoms with Crippen molar-refractivity contribution >= 4 is 11.7 Å². The molecule has 3 N–H and O–H groups in total. The number of rotatable bonds is 1. The normalized spacial score (nSPS) is 28.8. The van der Waals surface area contributed by atoms with Gasteiger partial charge in [-0.15, -0.1) is 0 Å². The van der Waals surface area contributed by atoms with E-state index in [1.54, 1.807) is 0 Å². The van der Waals surface area contributed by atoms with Crippen LogP contribution in [0.15, 0.2) is 12.3 Å². The summed E-state index contributed by atoms with van der Waals surface area (Å²) in [4.78, 5) is 16.8. The largest absolute Gasteiger partial charge is 0.330 e. The zero-order chi connectivity index (χ0) is 14.5. The molecule has 3 rings (SSSR count). The summed E-state index contributed by atoms with van der Waals surface area (Å²) in [6.07, 6.45) is 4.51. The third-order valence-corrected chi connectivity index (χ3v) is 4.77. The van der Waals surface area contributed by atoms with Crippen molar-refractivity contribution in [3.05, 3.63) is 23.4 Å². The van der Waals surface area contributed by atoms with Gasteiger partial charge < -0.3 is 11.1 Å². The van der Waals surface area contributed by atoms with Gasteiger partial charge in [0, 0.05) is 6.20 Å². The number of pyridine rings is 1. The lowest BCUT2D eigenvalue weighted by Gasteiger charge is -2.48. The van der Waals surface area contributed by atoms with E-state index in [4.69, 9.17) is 5.73 Å². The molecule has 0 aromatic carbocycles. The van der Waals surface area contributed by atoms with Crippen molar-refractivity contribution in [2.45, 2.75) is 45.4 Å². The first-order chi connectivity index (χ1) is 9.34. The number of carbonyl (C=O) groups excluding carboxylic acids is 1. The Bertz CT molecular complexity index is 553. The first-order valence-electron chi connectivity index (χ1n) is 7.35. The van der Waals surface area contributed by atoms with E-state index in [9.17, 15) is 4.79 Å². The molecule has 4 nitrogen and oxygen atoms in total. The summed E-state index contributed by atoms with van der Waals surface area (Å²) >= 11 is 0. The molecule has 0 atom stereocenters. The number of hydrogen-bond donors (Lipinski definition) is 2. The Hall–Kier alpha value is -1.42. The predicted molar refractivity (Wildman–Crippen MR) is 79.5 cm³/mol. The number of fused-ring (bicyclic) bond motifs is 1. The molecule has 1 aliphatic heterocycles. The van der Waals surface area contributed by atoms with Crippen LogP contribution in [0.4, 0.5) is 5.82 Å². The fourth-order valence-electron chi connectivity index (χ4n) is 3.39. The molecule has 1 saturated carbocycles. The fraction of sp³-hybridized carbons (Fsp3) is 0.625. The van der Waals surface area contributed by atoms with E-state index in [-0.39, 0.29) is 16.7 Å². The van der Waals surface area contributed by atoms with Crippen molar-refractivity contribution in [2.24, 2.45) is 17.1 Å². The number of amides is 1. The van der Waals surface area contributed by atoms with Crippen molar-refractivity contribution < 1.29 is 4.79 Å². The molecule has 0 bridgehead atoms. The van der Waals surface area contributed by atoms with Crippen molar-refractivity contribution in [1.82, 2.24) is 4.98 Å².